The molecule has 3 aromatic rings. The molecule has 3 aliphatic heterocycles. The van der Waals surface area contributed by atoms with Gasteiger partial charge < -0.3 is 34.4 Å². The third kappa shape index (κ3) is 8.07. The van der Waals surface area contributed by atoms with Gasteiger partial charge in [0.15, 0.2) is 6.10 Å². The van der Waals surface area contributed by atoms with Crippen molar-refractivity contribution in [2.45, 2.75) is 56.4 Å². The molecule has 6 rings (SSSR count). The number of rotatable bonds is 7. The number of esters is 1. The zero-order valence-electron chi connectivity index (χ0n) is 26.0. The summed E-state index contributed by atoms with van der Waals surface area (Å²) in [5, 5.41) is 16.8. The first-order valence-electron chi connectivity index (χ1n) is 15.4. The number of hydrogen-bond donors (Lipinski definition) is 2. The van der Waals surface area contributed by atoms with E-state index in [1.54, 1.807) is 11.8 Å². The Kier molecular flexibility index (Phi) is 10.6. The van der Waals surface area contributed by atoms with Gasteiger partial charge in [0.1, 0.15) is 6.10 Å². The lowest BCUT2D eigenvalue weighted by Crippen LogP contribution is -2.51. The van der Waals surface area contributed by atoms with Gasteiger partial charge in [-0.2, -0.15) is 0 Å². The minimum absolute atomic E-state index is 0.0483. The van der Waals surface area contributed by atoms with Crippen LogP contribution in [-0.4, -0.2) is 92.7 Å². The maximum atomic E-state index is 12.2. The Morgan fingerprint density at radius 1 is 1.05 bits per heavy atom. The third-order valence-corrected chi connectivity index (χ3v) is 9.94. The van der Waals surface area contributed by atoms with Crippen molar-refractivity contribution in [3.63, 3.8) is 0 Å². The summed E-state index contributed by atoms with van der Waals surface area (Å²) in [5.74, 6) is -0.284. The first-order valence-corrected chi connectivity index (χ1v) is 17.1. The number of carbonyl (C=O) groups is 1. The lowest BCUT2D eigenvalue weighted by Gasteiger charge is -2.38. The Morgan fingerprint density at radius 3 is 2.40 bits per heavy atom. The number of hydrogen-bond acceptors (Lipinski definition) is 10. The van der Waals surface area contributed by atoms with Crippen molar-refractivity contribution in [2.24, 2.45) is 0 Å². The SMILES string of the molecule is CCOC(=O)C1OC1c1c(SC(C)(C)C)cccc1N1CCN(B(C)O)CC1.c1cc(N2CCNCC2)c2ccsc2c1. The molecular weight excluding hydrogens is 579 g/mol. The van der Waals surface area contributed by atoms with Crippen molar-refractivity contribution in [3.05, 3.63) is 53.4 Å². The Balaban J connectivity index is 0.000000204. The molecule has 0 radical (unpaired) electrons. The standard InChI is InChI=1S/C20H31BN2O4S.C12H14N2S/c1-6-26-19(24)18-17(27-18)16-14(8-7-9-15(16)28-20(2,3)4)22-10-12-23(13-11-22)21(5)25;1-2-11(14-7-5-13-6-8-14)10-4-9-15-12(10)3-1/h7-9,17-18,25H,6,10-13H2,1-5H3;1-4,9,13H,5-8H2. The molecule has 11 heteroatoms. The van der Waals surface area contributed by atoms with Crippen molar-refractivity contribution >= 4 is 57.6 Å². The number of carbonyl (C=O) groups excluding carboxylic acids is 1. The average molecular weight is 625 g/mol. The molecule has 8 nitrogen and oxygen atoms in total. The van der Waals surface area contributed by atoms with Crippen LogP contribution in [0.15, 0.2) is 52.7 Å². The van der Waals surface area contributed by atoms with E-state index in [0.29, 0.717) is 6.61 Å². The Bertz CT molecular complexity index is 1370. The molecule has 0 aliphatic carbocycles. The molecule has 43 heavy (non-hydrogen) atoms. The van der Waals surface area contributed by atoms with Gasteiger partial charge >= 0.3 is 13.0 Å². The van der Waals surface area contributed by atoms with E-state index >= 15 is 0 Å². The normalized spacial score (nSPS) is 20.9. The summed E-state index contributed by atoms with van der Waals surface area (Å²) in [6.07, 6.45) is -0.769. The van der Waals surface area contributed by atoms with Crippen LogP contribution >= 0.6 is 23.1 Å². The minimum Gasteiger partial charge on any atom is -0.464 e. The van der Waals surface area contributed by atoms with Crippen LogP contribution in [0.4, 0.5) is 11.4 Å². The van der Waals surface area contributed by atoms with Crippen LogP contribution in [0.3, 0.4) is 0 Å². The highest BCUT2D eigenvalue weighted by Gasteiger charge is 2.50. The molecule has 2 atom stereocenters. The summed E-state index contributed by atoms with van der Waals surface area (Å²) in [6, 6.07) is 15.1. The maximum absolute atomic E-state index is 12.2. The van der Waals surface area contributed by atoms with Gasteiger partial charge in [-0.25, -0.2) is 4.79 Å². The Labute approximate surface area is 264 Å². The summed E-state index contributed by atoms with van der Waals surface area (Å²) in [4.78, 5) is 20.2. The fourth-order valence-electron chi connectivity index (χ4n) is 5.74. The lowest BCUT2D eigenvalue weighted by molar-refractivity contribution is -0.144. The van der Waals surface area contributed by atoms with E-state index < -0.39 is 13.2 Å². The molecule has 4 heterocycles. The quantitative estimate of drug-likeness (QED) is 0.161. The smallest absolute Gasteiger partial charge is 0.376 e. The first-order chi connectivity index (χ1) is 20.7. The highest BCUT2D eigenvalue weighted by Crippen LogP contribution is 2.50. The van der Waals surface area contributed by atoms with Gasteiger partial charge in [0.25, 0.3) is 0 Å². The summed E-state index contributed by atoms with van der Waals surface area (Å²) in [6.45, 7) is 18.3. The zero-order valence-corrected chi connectivity index (χ0v) is 27.7. The Morgan fingerprint density at radius 2 is 1.72 bits per heavy atom. The molecule has 0 amide bonds. The Hall–Kier alpha value is -2.28. The zero-order chi connectivity index (χ0) is 30.6. The number of fused-ring (bicyclic) bond motifs is 1. The second-order valence-electron chi connectivity index (χ2n) is 12.1. The topological polar surface area (TPSA) is 80.8 Å². The molecule has 0 spiro atoms. The number of nitrogens with one attached hydrogen (secondary N) is 1. The largest absolute Gasteiger partial charge is 0.464 e. The van der Waals surface area contributed by atoms with Crippen LogP contribution in [0.5, 0.6) is 0 Å². The number of anilines is 2. The van der Waals surface area contributed by atoms with E-state index in [1.807, 2.05) is 25.1 Å². The average Bonchev–Trinajstić information content (AvgIpc) is 3.64. The van der Waals surface area contributed by atoms with Gasteiger partial charge in [0.2, 0.25) is 0 Å². The molecule has 0 bridgehead atoms. The van der Waals surface area contributed by atoms with E-state index in [1.165, 1.54) is 15.8 Å². The fraction of sp³-hybridized carbons (Fsp3) is 0.531. The van der Waals surface area contributed by atoms with Gasteiger partial charge in [-0.05, 0) is 49.5 Å². The van der Waals surface area contributed by atoms with Crippen molar-refractivity contribution in [1.29, 1.82) is 0 Å². The monoisotopic (exact) mass is 624 g/mol. The van der Waals surface area contributed by atoms with Gasteiger partial charge in [0.05, 0.1) is 6.61 Å². The second-order valence-corrected chi connectivity index (χ2v) is 15.0. The van der Waals surface area contributed by atoms with E-state index in [2.05, 4.69) is 88.5 Å². The van der Waals surface area contributed by atoms with E-state index in [0.717, 1.165) is 68.5 Å². The summed E-state index contributed by atoms with van der Waals surface area (Å²) >= 11 is 3.62. The van der Waals surface area contributed by atoms with Crippen molar-refractivity contribution in [1.82, 2.24) is 10.1 Å². The lowest BCUT2D eigenvalue weighted by atomic mass is 9.84. The highest BCUT2D eigenvalue weighted by molar-refractivity contribution is 8.00. The van der Waals surface area contributed by atoms with Gasteiger partial charge in [0, 0.05) is 89.0 Å². The maximum Gasteiger partial charge on any atom is 0.376 e. The number of thioether (sulfide) groups is 1. The molecule has 2 unspecified atom stereocenters. The van der Waals surface area contributed by atoms with Crippen LogP contribution in [-0.2, 0) is 14.3 Å². The molecule has 232 valence electrons. The van der Waals surface area contributed by atoms with Crippen molar-refractivity contribution < 1.29 is 19.3 Å². The number of benzene rings is 2. The van der Waals surface area contributed by atoms with E-state index in [-0.39, 0.29) is 16.8 Å². The summed E-state index contributed by atoms with van der Waals surface area (Å²) in [5.41, 5.74) is 3.61. The first kappa shape index (κ1) is 32.1. The number of nitrogens with zero attached hydrogens (tertiary/aromatic N) is 3. The van der Waals surface area contributed by atoms with Crippen molar-refractivity contribution in [2.75, 3.05) is 68.8 Å². The van der Waals surface area contributed by atoms with Crippen LogP contribution in [0.1, 0.15) is 39.4 Å². The molecular formula is C32H45BN4O4S2. The van der Waals surface area contributed by atoms with Gasteiger partial charge in [-0.3, -0.25) is 0 Å². The van der Waals surface area contributed by atoms with E-state index in [9.17, 15) is 9.82 Å². The fourth-order valence-corrected chi connectivity index (χ4v) is 7.69. The second kappa shape index (κ2) is 14.2. The highest BCUT2D eigenvalue weighted by atomic mass is 32.2. The number of epoxide rings is 1. The summed E-state index contributed by atoms with van der Waals surface area (Å²) in [7, 11) is -0.427. The molecule has 1 aromatic heterocycles. The van der Waals surface area contributed by atoms with Gasteiger partial charge in [-0.1, -0.05) is 32.9 Å². The predicted molar refractivity (Wildman–Crippen MR) is 181 cm³/mol. The van der Waals surface area contributed by atoms with Crippen LogP contribution in [0.25, 0.3) is 10.1 Å². The van der Waals surface area contributed by atoms with Crippen molar-refractivity contribution in [3.8, 4) is 0 Å². The predicted octanol–water partition coefficient (Wildman–Crippen LogP) is 5.12. The molecule has 2 N–H and O–H groups in total. The number of piperazine rings is 2. The molecule has 3 saturated heterocycles. The number of ether oxygens (including phenoxy) is 2. The van der Waals surface area contributed by atoms with Gasteiger partial charge in [-0.15, -0.1) is 23.1 Å². The number of thiophene rings is 1. The summed E-state index contributed by atoms with van der Waals surface area (Å²) < 4.78 is 12.4. The van der Waals surface area contributed by atoms with E-state index in [4.69, 9.17) is 9.47 Å². The minimum atomic E-state index is -0.515. The molecule has 3 aliphatic rings. The molecule has 3 fully saturated rings. The van der Waals surface area contributed by atoms with Crippen LogP contribution in [0, 0.1) is 0 Å². The van der Waals surface area contributed by atoms with Crippen LogP contribution < -0.4 is 15.1 Å². The third-order valence-electron chi connectivity index (χ3n) is 7.87. The van der Waals surface area contributed by atoms with Crippen LogP contribution in [0.2, 0.25) is 6.82 Å². The molecule has 2 aromatic carbocycles. The molecule has 0 saturated carbocycles.